The summed E-state index contributed by atoms with van der Waals surface area (Å²) in [5, 5.41) is 8.61. The van der Waals surface area contributed by atoms with Crippen molar-refractivity contribution >= 4 is 15.9 Å². The molecule has 14 heavy (non-hydrogen) atoms. The summed E-state index contributed by atoms with van der Waals surface area (Å²) in [5.41, 5.74) is 1.84. The highest BCUT2D eigenvalue weighted by Gasteiger charge is 2.04. The molecule has 1 N–H and O–H groups in total. The largest absolute Gasteiger partial charge is 0.329 e. The van der Waals surface area contributed by atoms with Crippen LogP contribution in [0.5, 0.6) is 0 Å². The Morgan fingerprint density at radius 3 is 2.79 bits per heavy atom. The van der Waals surface area contributed by atoms with Crippen molar-refractivity contribution in [3.63, 3.8) is 0 Å². The molecule has 2 rings (SSSR count). The molecule has 0 bridgehead atoms. The van der Waals surface area contributed by atoms with Crippen LogP contribution in [0.15, 0.2) is 34.9 Å². The highest BCUT2D eigenvalue weighted by atomic mass is 79.9. The molecule has 4 heteroatoms. The summed E-state index contributed by atoms with van der Waals surface area (Å²) >= 11 is 3.43. The van der Waals surface area contributed by atoms with Gasteiger partial charge in [0, 0.05) is 10.0 Å². The smallest absolute Gasteiger partial charge is 0.210 e. The Labute approximate surface area is 89.5 Å². The molecule has 0 unspecified atom stereocenters. The lowest BCUT2D eigenvalue weighted by molar-refractivity contribution is 1.23. The fourth-order valence-electron chi connectivity index (χ4n) is 1.19. The van der Waals surface area contributed by atoms with E-state index in [1.165, 1.54) is 0 Å². The standard InChI is InChI=1S/C10H6BrN3/c11-8-4-2-1-3-7(8)9-6-13-10(5-12)14-9/h1-4,6H,(H,13,14). The van der Waals surface area contributed by atoms with Gasteiger partial charge >= 0.3 is 0 Å². The van der Waals surface area contributed by atoms with Crippen LogP contribution >= 0.6 is 15.9 Å². The van der Waals surface area contributed by atoms with E-state index in [0.717, 1.165) is 15.7 Å². The molecule has 0 amide bonds. The second-order valence-corrected chi connectivity index (χ2v) is 3.59. The number of nitriles is 1. The average Bonchev–Trinajstić information content (AvgIpc) is 2.67. The molecule has 68 valence electrons. The Bertz CT molecular complexity index is 496. The summed E-state index contributed by atoms with van der Waals surface area (Å²) in [7, 11) is 0. The van der Waals surface area contributed by atoms with Gasteiger partial charge in [-0.25, -0.2) is 4.98 Å². The van der Waals surface area contributed by atoms with Crippen molar-refractivity contribution in [3.8, 4) is 17.3 Å². The average molecular weight is 248 g/mol. The third-order valence-electron chi connectivity index (χ3n) is 1.85. The van der Waals surface area contributed by atoms with Crippen LogP contribution < -0.4 is 0 Å². The van der Waals surface area contributed by atoms with E-state index >= 15 is 0 Å². The molecule has 1 heterocycles. The molecule has 0 spiro atoms. The zero-order valence-electron chi connectivity index (χ0n) is 7.16. The molecular formula is C10H6BrN3. The van der Waals surface area contributed by atoms with Gasteiger partial charge < -0.3 is 4.98 Å². The van der Waals surface area contributed by atoms with Gasteiger partial charge in [-0.1, -0.05) is 34.1 Å². The third kappa shape index (κ3) is 1.54. The van der Waals surface area contributed by atoms with Gasteiger partial charge in [0.05, 0.1) is 11.9 Å². The van der Waals surface area contributed by atoms with Gasteiger partial charge in [0.2, 0.25) is 5.82 Å². The van der Waals surface area contributed by atoms with Crippen molar-refractivity contribution in [1.29, 1.82) is 5.26 Å². The minimum absolute atomic E-state index is 0.329. The Morgan fingerprint density at radius 2 is 2.14 bits per heavy atom. The van der Waals surface area contributed by atoms with Gasteiger partial charge in [-0.3, -0.25) is 0 Å². The lowest BCUT2D eigenvalue weighted by Gasteiger charge is -1.99. The fourth-order valence-corrected chi connectivity index (χ4v) is 1.69. The molecule has 1 aromatic heterocycles. The van der Waals surface area contributed by atoms with Gasteiger partial charge in [-0.05, 0) is 6.07 Å². The number of imidazole rings is 1. The lowest BCUT2D eigenvalue weighted by atomic mass is 10.2. The number of hydrogen-bond acceptors (Lipinski definition) is 2. The van der Waals surface area contributed by atoms with Gasteiger partial charge in [0.25, 0.3) is 0 Å². The molecule has 0 saturated carbocycles. The van der Waals surface area contributed by atoms with Crippen LogP contribution in [0.4, 0.5) is 0 Å². The predicted octanol–water partition coefficient (Wildman–Crippen LogP) is 2.71. The van der Waals surface area contributed by atoms with Gasteiger partial charge in [-0.2, -0.15) is 5.26 Å². The van der Waals surface area contributed by atoms with E-state index < -0.39 is 0 Å². The Hall–Kier alpha value is -1.60. The molecule has 0 aliphatic rings. The Balaban J connectivity index is 2.51. The van der Waals surface area contributed by atoms with Crippen molar-refractivity contribution in [2.24, 2.45) is 0 Å². The zero-order valence-corrected chi connectivity index (χ0v) is 8.75. The summed E-state index contributed by atoms with van der Waals surface area (Å²) in [6, 6.07) is 9.74. The molecule has 1 aromatic carbocycles. The van der Waals surface area contributed by atoms with E-state index in [1.807, 2.05) is 30.3 Å². The minimum atomic E-state index is 0.329. The number of benzene rings is 1. The molecule has 0 radical (unpaired) electrons. The van der Waals surface area contributed by atoms with E-state index in [-0.39, 0.29) is 0 Å². The topological polar surface area (TPSA) is 52.5 Å². The number of nitrogens with one attached hydrogen (secondary N) is 1. The zero-order chi connectivity index (χ0) is 9.97. The first-order chi connectivity index (χ1) is 6.81. The predicted molar refractivity (Wildman–Crippen MR) is 56.4 cm³/mol. The molecule has 2 aromatic rings. The summed E-state index contributed by atoms with van der Waals surface area (Å²) in [5.74, 6) is 0.329. The highest BCUT2D eigenvalue weighted by molar-refractivity contribution is 9.10. The molecule has 0 saturated heterocycles. The third-order valence-corrected chi connectivity index (χ3v) is 2.54. The van der Waals surface area contributed by atoms with Crippen LogP contribution in [0.3, 0.4) is 0 Å². The number of H-pyrrole nitrogens is 1. The highest BCUT2D eigenvalue weighted by Crippen LogP contribution is 2.25. The minimum Gasteiger partial charge on any atom is -0.329 e. The van der Waals surface area contributed by atoms with Gasteiger partial charge in [0.1, 0.15) is 6.07 Å². The second-order valence-electron chi connectivity index (χ2n) is 2.74. The van der Waals surface area contributed by atoms with Crippen LogP contribution in [0.2, 0.25) is 0 Å². The maximum atomic E-state index is 8.61. The van der Waals surface area contributed by atoms with Crippen molar-refractivity contribution in [2.75, 3.05) is 0 Å². The van der Waals surface area contributed by atoms with Crippen LogP contribution in [0.1, 0.15) is 5.82 Å². The Kier molecular flexibility index (Phi) is 2.33. The maximum absolute atomic E-state index is 8.61. The number of aromatic nitrogens is 2. The Morgan fingerprint density at radius 1 is 1.36 bits per heavy atom. The summed E-state index contributed by atoms with van der Waals surface area (Å²) in [4.78, 5) is 6.83. The normalized spacial score (nSPS) is 9.71. The van der Waals surface area contributed by atoms with Crippen LogP contribution in [-0.2, 0) is 0 Å². The SMILES string of the molecule is N#Cc1ncc(-c2ccccc2Br)[nH]1. The quantitative estimate of drug-likeness (QED) is 0.843. The lowest BCUT2D eigenvalue weighted by Crippen LogP contribution is -1.79. The molecule has 0 fully saturated rings. The van der Waals surface area contributed by atoms with E-state index in [0.29, 0.717) is 5.82 Å². The summed E-state index contributed by atoms with van der Waals surface area (Å²) in [6.07, 6.45) is 1.65. The van der Waals surface area contributed by atoms with Crippen molar-refractivity contribution < 1.29 is 0 Å². The van der Waals surface area contributed by atoms with E-state index in [2.05, 4.69) is 25.9 Å². The van der Waals surface area contributed by atoms with E-state index in [4.69, 9.17) is 5.26 Å². The second kappa shape index (κ2) is 3.64. The number of halogens is 1. The molecule has 0 atom stereocenters. The van der Waals surface area contributed by atoms with Crippen molar-refractivity contribution in [1.82, 2.24) is 9.97 Å². The summed E-state index contributed by atoms with van der Waals surface area (Å²) < 4.78 is 0.980. The molecule has 0 aliphatic carbocycles. The van der Waals surface area contributed by atoms with E-state index in [1.54, 1.807) is 6.20 Å². The maximum Gasteiger partial charge on any atom is 0.210 e. The number of hydrogen-bond donors (Lipinski definition) is 1. The van der Waals surface area contributed by atoms with Crippen molar-refractivity contribution in [3.05, 3.63) is 40.8 Å². The molecular weight excluding hydrogens is 242 g/mol. The first-order valence-corrected chi connectivity index (χ1v) is 4.80. The van der Waals surface area contributed by atoms with Crippen LogP contribution in [0, 0.1) is 11.3 Å². The molecule has 3 nitrogen and oxygen atoms in total. The van der Waals surface area contributed by atoms with Crippen molar-refractivity contribution in [2.45, 2.75) is 0 Å². The fraction of sp³-hybridized carbons (Fsp3) is 0. The monoisotopic (exact) mass is 247 g/mol. The summed E-state index contributed by atoms with van der Waals surface area (Å²) in [6.45, 7) is 0. The number of rotatable bonds is 1. The van der Waals surface area contributed by atoms with Crippen LogP contribution in [0.25, 0.3) is 11.3 Å². The number of aromatic amines is 1. The van der Waals surface area contributed by atoms with Crippen LogP contribution in [-0.4, -0.2) is 9.97 Å². The van der Waals surface area contributed by atoms with Gasteiger partial charge in [-0.15, -0.1) is 0 Å². The van der Waals surface area contributed by atoms with E-state index in [9.17, 15) is 0 Å². The molecule has 0 aliphatic heterocycles. The van der Waals surface area contributed by atoms with Gasteiger partial charge in [0.15, 0.2) is 0 Å². The first kappa shape index (κ1) is 8.97. The first-order valence-electron chi connectivity index (χ1n) is 4.01. The number of nitrogens with zero attached hydrogens (tertiary/aromatic N) is 2.